The molecule has 1 heterocycles. The highest BCUT2D eigenvalue weighted by Gasteiger charge is 2.30. The lowest BCUT2D eigenvalue weighted by atomic mass is 9.92. The van der Waals surface area contributed by atoms with Crippen molar-refractivity contribution in [1.82, 2.24) is 9.62 Å². The van der Waals surface area contributed by atoms with Crippen molar-refractivity contribution in [3.63, 3.8) is 0 Å². The van der Waals surface area contributed by atoms with Gasteiger partial charge in [-0.15, -0.1) is 0 Å². The van der Waals surface area contributed by atoms with Crippen LogP contribution in [-0.4, -0.2) is 43.5 Å². The van der Waals surface area contributed by atoms with E-state index < -0.39 is 21.5 Å². The van der Waals surface area contributed by atoms with E-state index in [0.717, 1.165) is 11.1 Å². The van der Waals surface area contributed by atoms with E-state index in [9.17, 15) is 18.3 Å². The monoisotopic (exact) mass is 368 g/mol. The van der Waals surface area contributed by atoms with E-state index in [2.05, 4.69) is 4.72 Å². The number of nitrogens with one attached hydrogen (secondary N) is 1. The lowest BCUT2D eigenvalue weighted by Gasteiger charge is -2.33. The van der Waals surface area contributed by atoms with E-state index >= 15 is 0 Å². The Hall–Kier alpha value is -1.44. The van der Waals surface area contributed by atoms with Crippen LogP contribution in [0.4, 0.5) is 0 Å². The molecule has 140 valence electrons. The van der Waals surface area contributed by atoms with Gasteiger partial charge in [-0.1, -0.05) is 26.8 Å². The van der Waals surface area contributed by atoms with Crippen LogP contribution >= 0.6 is 0 Å². The summed E-state index contributed by atoms with van der Waals surface area (Å²) in [6.07, 6.45) is 0.472. The normalized spacial score (nSPS) is 16.4. The van der Waals surface area contributed by atoms with E-state index in [4.69, 9.17) is 0 Å². The summed E-state index contributed by atoms with van der Waals surface area (Å²) < 4.78 is 27.2. The second-order valence-electron chi connectivity index (χ2n) is 7.69. The number of nitrogens with zero attached hydrogens (tertiary/aromatic N) is 1. The number of carbonyl (C=O) groups excluding carboxylic acids is 1. The highest BCUT2D eigenvalue weighted by atomic mass is 32.2. The Morgan fingerprint density at radius 2 is 2.00 bits per heavy atom. The van der Waals surface area contributed by atoms with Gasteiger partial charge in [0, 0.05) is 25.0 Å². The zero-order valence-electron chi connectivity index (χ0n) is 15.4. The van der Waals surface area contributed by atoms with E-state index in [1.807, 2.05) is 25.7 Å². The Bertz CT molecular complexity index is 736. The van der Waals surface area contributed by atoms with Gasteiger partial charge in [0.15, 0.2) is 0 Å². The molecule has 0 saturated heterocycles. The third kappa shape index (κ3) is 5.03. The summed E-state index contributed by atoms with van der Waals surface area (Å²) in [6, 6.07) is 5.06. The third-order valence-electron chi connectivity index (χ3n) is 4.28. The summed E-state index contributed by atoms with van der Waals surface area (Å²) in [4.78, 5) is 14.5. The number of aliphatic hydroxyl groups excluding tert-OH is 1. The zero-order chi connectivity index (χ0) is 18.8. The summed E-state index contributed by atoms with van der Waals surface area (Å²) in [5.74, 6) is 0.106. The Morgan fingerprint density at radius 3 is 2.60 bits per heavy atom. The minimum absolute atomic E-state index is 0.106. The molecule has 2 N–H and O–H groups in total. The van der Waals surface area contributed by atoms with Crippen molar-refractivity contribution in [2.75, 3.05) is 13.1 Å². The van der Waals surface area contributed by atoms with Gasteiger partial charge in [-0.2, -0.15) is 0 Å². The van der Waals surface area contributed by atoms with Crippen molar-refractivity contribution in [2.24, 2.45) is 5.41 Å². The first-order chi connectivity index (χ1) is 11.5. The molecule has 0 aromatic heterocycles. The largest absolute Gasteiger partial charge is 0.393 e. The fraction of sp³-hybridized carbons (Fsp3) is 0.611. The molecule has 0 fully saturated rings. The van der Waals surface area contributed by atoms with E-state index in [-0.39, 0.29) is 17.3 Å². The highest BCUT2D eigenvalue weighted by Crippen LogP contribution is 2.26. The van der Waals surface area contributed by atoms with Gasteiger partial charge in [0.2, 0.25) is 15.9 Å². The number of rotatable bonds is 5. The average Bonchev–Trinajstić information content (AvgIpc) is 2.51. The molecule has 7 heteroatoms. The van der Waals surface area contributed by atoms with Crippen LogP contribution in [0.25, 0.3) is 0 Å². The van der Waals surface area contributed by atoms with Gasteiger partial charge in [-0.25, -0.2) is 13.1 Å². The quantitative estimate of drug-likeness (QED) is 0.828. The first-order valence-electron chi connectivity index (χ1n) is 8.59. The molecule has 6 nitrogen and oxygen atoms in total. The molecular formula is C18H28N2O4S. The van der Waals surface area contributed by atoms with Crippen LogP contribution in [0.5, 0.6) is 0 Å². The van der Waals surface area contributed by atoms with Crippen molar-refractivity contribution < 1.29 is 18.3 Å². The summed E-state index contributed by atoms with van der Waals surface area (Å²) in [7, 11) is -3.58. The van der Waals surface area contributed by atoms with E-state index in [1.165, 1.54) is 0 Å². The smallest absolute Gasteiger partial charge is 0.240 e. The lowest BCUT2D eigenvalue weighted by molar-refractivity contribution is -0.140. The van der Waals surface area contributed by atoms with Crippen molar-refractivity contribution in [2.45, 2.75) is 58.1 Å². The first kappa shape index (κ1) is 19.9. The van der Waals surface area contributed by atoms with Crippen LogP contribution in [0.1, 0.15) is 45.2 Å². The van der Waals surface area contributed by atoms with Gasteiger partial charge in [0.25, 0.3) is 0 Å². The minimum Gasteiger partial charge on any atom is -0.393 e. The Balaban J connectivity index is 2.13. The minimum atomic E-state index is -3.58. The summed E-state index contributed by atoms with van der Waals surface area (Å²) in [5, 5.41) is 9.24. The number of sulfonamides is 1. The van der Waals surface area contributed by atoms with Gasteiger partial charge in [0.1, 0.15) is 0 Å². The van der Waals surface area contributed by atoms with Crippen LogP contribution < -0.4 is 4.72 Å². The number of hydrogen-bond acceptors (Lipinski definition) is 4. The Labute approximate surface area is 150 Å². The molecule has 1 aromatic carbocycles. The van der Waals surface area contributed by atoms with Crippen LogP contribution in [0.2, 0.25) is 0 Å². The predicted octanol–water partition coefficient (Wildman–Crippen LogP) is 1.67. The number of amides is 1. The van der Waals surface area contributed by atoms with Crippen molar-refractivity contribution in [3.05, 3.63) is 29.3 Å². The Morgan fingerprint density at radius 1 is 1.32 bits per heavy atom. The summed E-state index contributed by atoms with van der Waals surface area (Å²) >= 11 is 0. The maximum absolute atomic E-state index is 12.4. The third-order valence-corrected chi connectivity index (χ3v) is 5.74. The predicted molar refractivity (Wildman–Crippen MR) is 96.5 cm³/mol. The molecular weight excluding hydrogens is 340 g/mol. The van der Waals surface area contributed by atoms with Crippen LogP contribution in [0.15, 0.2) is 23.1 Å². The van der Waals surface area contributed by atoms with E-state index in [0.29, 0.717) is 25.9 Å². The van der Waals surface area contributed by atoms with E-state index in [1.54, 1.807) is 25.1 Å². The van der Waals surface area contributed by atoms with Crippen LogP contribution in [0, 0.1) is 5.41 Å². The second kappa shape index (κ2) is 7.43. The van der Waals surface area contributed by atoms with Crippen molar-refractivity contribution in [3.8, 4) is 0 Å². The molecule has 1 amide bonds. The lowest BCUT2D eigenvalue weighted by Crippen LogP contribution is -2.42. The van der Waals surface area contributed by atoms with Crippen LogP contribution in [0.3, 0.4) is 0 Å². The van der Waals surface area contributed by atoms with Crippen molar-refractivity contribution in [1.29, 1.82) is 0 Å². The maximum atomic E-state index is 12.4. The number of carbonyl (C=O) groups is 1. The maximum Gasteiger partial charge on any atom is 0.240 e. The van der Waals surface area contributed by atoms with Gasteiger partial charge in [-0.05, 0) is 43.0 Å². The number of aliphatic hydroxyl groups is 1. The molecule has 0 aliphatic carbocycles. The molecule has 1 unspecified atom stereocenters. The molecule has 0 bridgehead atoms. The van der Waals surface area contributed by atoms with Gasteiger partial charge in [-0.3, -0.25) is 4.79 Å². The van der Waals surface area contributed by atoms with Gasteiger partial charge < -0.3 is 10.0 Å². The summed E-state index contributed by atoms with van der Waals surface area (Å²) in [6.45, 7) is 8.64. The zero-order valence-corrected chi connectivity index (χ0v) is 16.2. The molecule has 2 rings (SSSR count). The molecule has 1 atom stereocenters. The number of hydrogen-bond donors (Lipinski definition) is 2. The van der Waals surface area contributed by atoms with Gasteiger partial charge >= 0.3 is 0 Å². The second-order valence-corrected chi connectivity index (χ2v) is 9.46. The number of benzene rings is 1. The summed E-state index contributed by atoms with van der Waals surface area (Å²) in [5.41, 5.74) is 1.54. The fourth-order valence-corrected chi connectivity index (χ4v) is 3.93. The standard InChI is InChI=1S/C18H28N2O4S/c1-13(21)7-9-19-25(23,24)16-6-5-15-12-20(10-8-14(15)11-16)17(22)18(2,3)4/h5-6,11,13,19,21H,7-10,12H2,1-4H3. The molecule has 1 aromatic rings. The first-order valence-corrected chi connectivity index (χ1v) is 10.1. The fourth-order valence-electron chi connectivity index (χ4n) is 2.83. The van der Waals surface area contributed by atoms with Gasteiger partial charge in [0.05, 0.1) is 11.0 Å². The van der Waals surface area contributed by atoms with Crippen molar-refractivity contribution >= 4 is 15.9 Å². The molecule has 1 aliphatic heterocycles. The highest BCUT2D eigenvalue weighted by molar-refractivity contribution is 7.89. The Kier molecular flexibility index (Phi) is 5.91. The topological polar surface area (TPSA) is 86.7 Å². The molecule has 1 aliphatic rings. The molecule has 0 spiro atoms. The number of fused-ring (bicyclic) bond motifs is 1. The molecule has 25 heavy (non-hydrogen) atoms. The molecule has 0 saturated carbocycles. The SMILES string of the molecule is CC(O)CCNS(=O)(=O)c1ccc2c(c1)CCN(C(=O)C(C)(C)C)C2. The average molecular weight is 368 g/mol. The van der Waals surface area contributed by atoms with Crippen LogP contribution in [-0.2, 0) is 27.8 Å². The molecule has 0 radical (unpaired) electrons.